The lowest BCUT2D eigenvalue weighted by Gasteiger charge is -2.37. The van der Waals surface area contributed by atoms with E-state index >= 15 is 0 Å². The molecule has 0 spiro atoms. The van der Waals surface area contributed by atoms with Crippen LogP contribution in [0.1, 0.15) is 36.9 Å². The van der Waals surface area contributed by atoms with Crippen molar-refractivity contribution in [3.8, 4) is 0 Å². The highest BCUT2D eigenvalue weighted by atomic mass is 16.6. The molecule has 0 saturated carbocycles. The quantitative estimate of drug-likeness (QED) is 0.553. The Balaban J connectivity index is 1.27. The van der Waals surface area contributed by atoms with Gasteiger partial charge in [-0.2, -0.15) is 0 Å². The molecule has 0 bridgehead atoms. The number of hydrogen-bond donors (Lipinski definition) is 1. The van der Waals surface area contributed by atoms with Crippen molar-refractivity contribution in [2.45, 2.75) is 32.2 Å². The Hall–Kier alpha value is -2.87. The maximum absolute atomic E-state index is 13.2. The molecule has 0 atom stereocenters. The van der Waals surface area contributed by atoms with Gasteiger partial charge in [-0.25, -0.2) is 4.98 Å². The maximum Gasteiger partial charge on any atom is 0.225 e. The maximum atomic E-state index is 13.2. The van der Waals surface area contributed by atoms with Gasteiger partial charge in [0.15, 0.2) is 0 Å². The SMILES string of the molecule is CON=C(c1cccn1C)C1CCN(C(=O)C2CCN(Cc3ccnc(N)c3)CC2)CC1. The summed E-state index contributed by atoms with van der Waals surface area (Å²) in [5.74, 6) is 1.31. The molecule has 0 aromatic carbocycles. The van der Waals surface area contributed by atoms with Crippen LogP contribution in [-0.2, 0) is 23.2 Å². The van der Waals surface area contributed by atoms with Crippen LogP contribution in [0.3, 0.4) is 0 Å². The average molecular weight is 439 g/mol. The van der Waals surface area contributed by atoms with Crippen molar-refractivity contribution in [2.24, 2.45) is 24.0 Å². The van der Waals surface area contributed by atoms with Gasteiger partial charge < -0.3 is 20.0 Å². The molecule has 2 aromatic rings. The van der Waals surface area contributed by atoms with Crippen molar-refractivity contribution in [1.29, 1.82) is 0 Å². The molecule has 0 radical (unpaired) electrons. The van der Waals surface area contributed by atoms with Crippen LogP contribution >= 0.6 is 0 Å². The third-order valence-corrected chi connectivity index (χ3v) is 6.78. The van der Waals surface area contributed by atoms with Crippen molar-refractivity contribution in [3.05, 3.63) is 47.9 Å². The molecule has 8 nitrogen and oxygen atoms in total. The first-order chi connectivity index (χ1) is 15.5. The molecule has 0 aliphatic carbocycles. The van der Waals surface area contributed by atoms with E-state index in [0.717, 1.165) is 69.8 Å². The number of carbonyl (C=O) groups is 1. The van der Waals surface area contributed by atoms with E-state index in [9.17, 15) is 4.79 Å². The predicted molar refractivity (Wildman–Crippen MR) is 125 cm³/mol. The molecule has 2 aliphatic heterocycles. The highest BCUT2D eigenvalue weighted by Crippen LogP contribution is 2.27. The Morgan fingerprint density at radius 2 is 1.88 bits per heavy atom. The third-order valence-electron chi connectivity index (χ3n) is 6.78. The lowest BCUT2D eigenvalue weighted by Crippen LogP contribution is -2.46. The van der Waals surface area contributed by atoms with Crippen LogP contribution in [0.15, 0.2) is 41.8 Å². The van der Waals surface area contributed by atoms with Gasteiger partial charge in [0.25, 0.3) is 0 Å². The van der Waals surface area contributed by atoms with Gasteiger partial charge in [0.2, 0.25) is 5.91 Å². The molecular formula is C24H34N6O2. The van der Waals surface area contributed by atoms with Crippen molar-refractivity contribution < 1.29 is 9.63 Å². The van der Waals surface area contributed by atoms with Gasteiger partial charge in [0.05, 0.1) is 5.69 Å². The first-order valence-electron chi connectivity index (χ1n) is 11.5. The second-order valence-electron chi connectivity index (χ2n) is 8.90. The zero-order valence-corrected chi connectivity index (χ0v) is 19.1. The number of anilines is 1. The van der Waals surface area contributed by atoms with Crippen molar-refractivity contribution in [3.63, 3.8) is 0 Å². The Morgan fingerprint density at radius 1 is 1.16 bits per heavy atom. The molecule has 32 heavy (non-hydrogen) atoms. The number of amides is 1. The van der Waals surface area contributed by atoms with E-state index < -0.39 is 0 Å². The summed E-state index contributed by atoms with van der Waals surface area (Å²) in [4.78, 5) is 26.8. The topological polar surface area (TPSA) is 89.0 Å². The highest BCUT2D eigenvalue weighted by Gasteiger charge is 2.33. The van der Waals surface area contributed by atoms with Gasteiger partial charge >= 0.3 is 0 Å². The van der Waals surface area contributed by atoms with Crippen molar-refractivity contribution in [1.82, 2.24) is 19.4 Å². The predicted octanol–water partition coefficient (Wildman–Crippen LogP) is 2.50. The third kappa shape index (κ3) is 5.12. The monoisotopic (exact) mass is 438 g/mol. The molecule has 0 unspecified atom stereocenters. The smallest absolute Gasteiger partial charge is 0.225 e. The number of likely N-dealkylation sites (tertiary alicyclic amines) is 2. The van der Waals surface area contributed by atoms with Crippen LogP contribution < -0.4 is 5.73 Å². The zero-order valence-electron chi connectivity index (χ0n) is 19.1. The van der Waals surface area contributed by atoms with Crippen LogP contribution in [-0.4, -0.2) is 64.3 Å². The second-order valence-corrected chi connectivity index (χ2v) is 8.90. The number of pyridine rings is 1. The molecule has 2 aromatic heterocycles. The normalized spacial score (nSPS) is 19.3. The Bertz CT molecular complexity index is 939. The first-order valence-corrected chi connectivity index (χ1v) is 11.5. The number of hydrogen-bond acceptors (Lipinski definition) is 6. The minimum Gasteiger partial charge on any atom is -0.399 e. The van der Waals surface area contributed by atoms with Crippen LogP contribution in [0.2, 0.25) is 0 Å². The standard InChI is InChI=1S/C24H34N6O2/c1-28-11-3-4-21(28)23(27-32-2)19-8-14-30(15-9-19)24(31)20-6-12-29(13-7-20)17-18-5-10-26-22(25)16-18/h3-5,10-11,16,19-20H,6-9,12-15,17H2,1-2H3,(H2,25,26). The lowest BCUT2D eigenvalue weighted by molar-refractivity contribution is -0.138. The minimum atomic E-state index is 0.130. The number of carbonyl (C=O) groups excluding carboxylic acids is 1. The number of nitrogens with two attached hydrogens (primary N) is 1. The van der Waals surface area contributed by atoms with Crippen molar-refractivity contribution in [2.75, 3.05) is 39.0 Å². The average Bonchev–Trinajstić information content (AvgIpc) is 3.23. The van der Waals surface area contributed by atoms with E-state index in [1.165, 1.54) is 5.56 Å². The lowest BCUT2D eigenvalue weighted by atomic mass is 9.88. The summed E-state index contributed by atoms with van der Waals surface area (Å²) in [6.45, 7) is 4.31. The first kappa shape index (κ1) is 22.3. The van der Waals surface area contributed by atoms with Crippen LogP contribution in [0.4, 0.5) is 5.82 Å². The van der Waals surface area contributed by atoms with E-state index in [2.05, 4.69) is 30.6 Å². The highest BCUT2D eigenvalue weighted by molar-refractivity contribution is 6.00. The van der Waals surface area contributed by atoms with E-state index in [1.807, 2.05) is 31.4 Å². The van der Waals surface area contributed by atoms with Crippen LogP contribution in [0.25, 0.3) is 0 Å². The van der Waals surface area contributed by atoms with Crippen LogP contribution in [0, 0.1) is 11.8 Å². The van der Waals surface area contributed by atoms with E-state index in [1.54, 1.807) is 13.3 Å². The summed E-state index contributed by atoms with van der Waals surface area (Å²) in [7, 11) is 3.62. The number of aromatic nitrogens is 2. The fourth-order valence-corrected chi connectivity index (χ4v) is 4.98. The molecular weight excluding hydrogens is 404 g/mol. The van der Waals surface area contributed by atoms with Crippen molar-refractivity contribution >= 4 is 17.4 Å². The summed E-state index contributed by atoms with van der Waals surface area (Å²) in [6.07, 6.45) is 7.45. The van der Waals surface area contributed by atoms with Gasteiger partial charge in [-0.15, -0.1) is 0 Å². The number of aryl methyl sites for hydroxylation is 1. The fourth-order valence-electron chi connectivity index (χ4n) is 4.98. The molecule has 4 heterocycles. The molecule has 2 fully saturated rings. The number of rotatable bonds is 6. The molecule has 2 saturated heterocycles. The van der Waals surface area contributed by atoms with E-state index in [-0.39, 0.29) is 5.92 Å². The number of nitrogen functional groups attached to an aromatic ring is 1. The van der Waals surface area contributed by atoms with Gasteiger partial charge in [0, 0.05) is 50.9 Å². The van der Waals surface area contributed by atoms with Gasteiger partial charge in [-0.1, -0.05) is 5.16 Å². The second kappa shape index (κ2) is 10.2. The van der Waals surface area contributed by atoms with Gasteiger partial charge in [-0.05, 0) is 68.6 Å². The van der Waals surface area contributed by atoms with Gasteiger partial charge in [0.1, 0.15) is 18.6 Å². The van der Waals surface area contributed by atoms with E-state index in [4.69, 9.17) is 10.6 Å². The summed E-state index contributed by atoms with van der Waals surface area (Å²) in [6, 6.07) is 8.03. The number of oxime groups is 1. The summed E-state index contributed by atoms with van der Waals surface area (Å²) >= 11 is 0. The molecule has 8 heteroatoms. The molecule has 172 valence electrons. The number of piperidine rings is 2. The Kier molecular flexibility index (Phi) is 7.09. The fraction of sp³-hybridized carbons (Fsp3) is 0.542. The zero-order chi connectivity index (χ0) is 22.5. The summed E-state index contributed by atoms with van der Waals surface area (Å²) < 4.78 is 2.07. The Morgan fingerprint density at radius 3 is 2.50 bits per heavy atom. The molecule has 4 rings (SSSR count). The number of nitrogens with zero attached hydrogens (tertiary/aromatic N) is 5. The largest absolute Gasteiger partial charge is 0.399 e. The summed E-state index contributed by atoms with van der Waals surface area (Å²) in [5, 5.41) is 4.33. The van der Waals surface area contributed by atoms with E-state index in [0.29, 0.717) is 17.6 Å². The molecule has 2 N–H and O–H groups in total. The molecule has 1 amide bonds. The minimum absolute atomic E-state index is 0.130. The Labute approximate surface area is 190 Å². The summed E-state index contributed by atoms with van der Waals surface area (Å²) in [5.41, 5.74) is 9.04. The van der Waals surface area contributed by atoms with Gasteiger partial charge in [-0.3, -0.25) is 9.69 Å². The molecule has 2 aliphatic rings. The van der Waals surface area contributed by atoms with Crippen LogP contribution in [0.5, 0.6) is 0 Å².